The standard InChI is InChI=1S/C24H26BrN3O4/c1-17(22-26-15-21(27-22)19-7-9-20(25)10-8-19)28(24(30)11-13-31-14-12-24)23(29)32-16-18-5-3-2-4-6-18/h2-10,15,17,30H,11-14,16H2,1H3,(H,26,27)/t17-/m0/s1. The van der Waals surface area contributed by atoms with Gasteiger partial charge in [0.05, 0.1) is 31.1 Å². The number of aromatic nitrogens is 2. The molecule has 0 radical (unpaired) electrons. The number of amides is 1. The summed E-state index contributed by atoms with van der Waals surface area (Å²) in [7, 11) is 0. The Morgan fingerprint density at radius 3 is 2.59 bits per heavy atom. The summed E-state index contributed by atoms with van der Waals surface area (Å²) in [6.07, 6.45) is 1.75. The Kier molecular flexibility index (Phi) is 6.93. The van der Waals surface area contributed by atoms with Crippen LogP contribution in [0.5, 0.6) is 0 Å². The molecule has 32 heavy (non-hydrogen) atoms. The Morgan fingerprint density at radius 2 is 1.91 bits per heavy atom. The first kappa shape index (κ1) is 22.5. The Morgan fingerprint density at radius 1 is 1.22 bits per heavy atom. The van der Waals surface area contributed by atoms with Crippen molar-refractivity contribution < 1.29 is 19.4 Å². The molecule has 1 amide bonds. The molecule has 2 heterocycles. The fourth-order valence-corrected chi connectivity index (χ4v) is 4.13. The Labute approximate surface area is 195 Å². The Hall–Kier alpha value is -2.68. The van der Waals surface area contributed by atoms with Gasteiger partial charge in [0.1, 0.15) is 18.2 Å². The van der Waals surface area contributed by atoms with E-state index in [0.717, 1.165) is 21.3 Å². The summed E-state index contributed by atoms with van der Waals surface area (Å²) in [5.41, 5.74) is 1.30. The minimum Gasteiger partial charge on any atom is -0.444 e. The fourth-order valence-electron chi connectivity index (χ4n) is 3.86. The van der Waals surface area contributed by atoms with Gasteiger partial charge in [-0.15, -0.1) is 0 Å². The summed E-state index contributed by atoms with van der Waals surface area (Å²) in [5, 5.41) is 11.4. The minimum atomic E-state index is -1.38. The van der Waals surface area contributed by atoms with E-state index in [1.807, 2.05) is 61.5 Å². The highest BCUT2D eigenvalue weighted by Crippen LogP contribution is 2.34. The van der Waals surface area contributed by atoms with Crippen molar-refractivity contribution in [2.24, 2.45) is 0 Å². The van der Waals surface area contributed by atoms with Gasteiger partial charge in [-0.1, -0.05) is 58.4 Å². The first-order valence-corrected chi connectivity index (χ1v) is 11.4. The molecule has 1 atom stereocenters. The number of hydrogen-bond donors (Lipinski definition) is 2. The summed E-state index contributed by atoms with van der Waals surface area (Å²) in [6, 6.07) is 16.8. The number of carbonyl (C=O) groups is 1. The minimum absolute atomic E-state index is 0.123. The van der Waals surface area contributed by atoms with Crippen molar-refractivity contribution in [2.75, 3.05) is 13.2 Å². The van der Waals surface area contributed by atoms with Crippen molar-refractivity contribution in [3.05, 3.63) is 76.7 Å². The lowest BCUT2D eigenvalue weighted by Gasteiger charge is -2.43. The SMILES string of the molecule is C[C@@H](c1ncc(-c2ccc(Br)cc2)[nH]1)N(C(=O)OCc1ccccc1)C1(O)CCOCC1. The highest BCUT2D eigenvalue weighted by Gasteiger charge is 2.44. The van der Waals surface area contributed by atoms with Crippen LogP contribution in [0.3, 0.4) is 0 Å². The van der Waals surface area contributed by atoms with E-state index in [-0.39, 0.29) is 6.61 Å². The van der Waals surface area contributed by atoms with Crippen LogP contribution in [0, 0.1) is 0 Å². The molecule has 4 rings (SSSR count). The number of nitrogens with zero attached hydrogens (tertiary/aromatic N) is 2. The maximum Gasteiger partial charge on any atom is 0.413 e. The van der Waals surface area contributed by atoms with Gasteiger partial charge in [-0.05, 0) is 30.2 Å². The average Bonchev–Trinajstić information content (AvgIpc) is 3.30. The number of ether oxygens (including phenoxy) is 2. The molecule has 1 aliphatic heterocycles. The Balaban J connectivity index is 1.57. The number of imidazole rings is 1. The lowest BCUT2D eigenvalue weighted by molar-refractivity contribution is -0.164. The van der Waals surface area contributed by atoms with Crippen LogP contribution in [0.2, 0.25) is 0 Å². The molecule has 1 saturated heterocycles. The first-order valence-electron chi connectivity index (χ1n) is 10.6. The number of benzene rings is 2. The van der Waals surface area contributed by atoms with Gasteiger partial charge < -0.3 is 19.6 Å². The van der Waals surface area contributed by atoms with Crippen LogP contribution in [0.4, 0.5) is 4.79 Å². The van der Waals surface area contributed by atoms with E-state index in [1.165, 1.54) is 4.90 Å². The second-order valence-corrected chi connectivity index (χ2v) is 8.79. The van der Waals surface area contributed by atoms with Crippen molar-refractivity contribution in [1.82, 2.24) is 14.9 Å². The van der Waals surface area contributed by atoms with Crippen LogP contribution in [0.1, 0.15) is 37.2 Å². The third-order valence-electron chi connectivity index (χ3n) is 5.68. The van der Waals surface area contributed by atoms with Crippen LogP contribution < -0.4 is 0 Å². The van der Waals surface area contributed by atoms with Crippen LogP contribution in [-0.2, 0) is 16.1 Å². The molecule has 0 unspecified atom stereocenters. The summed E-state index contributed by atoms with van der Waals surface area (Å²) >= 11 is 3.44. The lowest BCUT2D eigenvalue weighted by Crippen LogP contribution is -2.56. The largest absolute Gasteiger partial charge is 0.444 e. The van der Waals surface area contributed by atoms with Gasteiger partial charge in [-0.3, -0.25) is 4.90 Å². The van der Waals surface area contributed by atoms with Crippen LogP contribution in [-0.4, -0.2) is 45.0 Å². The van der Waals surface area contributed by atoms with Crippen molar-refractivity contribution in [3.63, 3.8) is 0 Å². The molecule has 1 aliphatic rings. The van der Waals surface area contributed by atoms with Gasteiger partial charge >= 0.3 is 6.09 Å². The quantitative estimate of drug-likeness (QED) is 0.464. The molecular formula is C24H26BrN3O4. The zero-order valence-electron chi connectivity index (χ0n) is 17.8. The second-order valence-electron chi connectivity index (χ2n) is 7.87. The first-order chi connectivity index (χ1) is 15.5. The average molecular weight is 500 g/mol. The van der Waals surface area contributed by atoms with Gasteiger partial charge in [0, 0.05) is 17.3 Å². The normalized spacial score (nSPS) is 16.3. The van der Waals surface area contributed by atoms with E-state index in [1.54, 1.807) is 6.20 Å². The number of rotatable bonds is 6. The summed E-state index contributed by atoms with van der Waals surface area (Å²) in [5.74, 6) is 0.569. The molecule has 2 aromatic carbocycles. The molecule has 0 spiro atoms. The highest BCUT2D eigenvalue weighted by atomic mass is 79.9. The lowest BCUT2D eigenvalue weighted by atomic mass is 10.0. The number of carbonyl (C=O) groups excluding carboxylic acids is 1. The number of H-pyrrole nitrogens is 1. The number of aliphatic hydroxyl groups is 1. The number of halogens is 1. The number of hydrogen-bond acceptors (Lipinski definition) is 5. The molecule has 2 N–H and O–H groups in total. The molecular weight excluding hydrogens is 474 g/mol. The van der Waals surface area contributed by atoms with E-state index in [2.05, 4.69) is 25.9 Å². The van der Waals surface area contributed by atoms with E-state index in [0.29, 0.717) is 31.9 Å². The molecule has 8 heteroatoms. The third kappa shape index (κ3) is 5.03. The fraction of sp³-hybridized carbons (Fsp3) is 0.333. The summed E-state index contributed by atoms with van der Waals surface area (Å²) < 4.78 is 12.0. The number of nitrogens with one attached hydrogen (secondary N) is 1. The number of aromatic amines is 1. The zero-order chi connectivity index (χ0) is 22.6. The predicted molar refractivity (Wildman–Crippen MR) is 124 cm³/mol. The van der Waals surface area contributed by atoms with Crippen molar-refractivity contribution >= 4 is 22.0 Å². The maximum absolute atomic E-state index is 13.2. The highest BCUT2D eigenvalue weighted by molar-refractivity contribution is 9.10. The topological polar surface area (TPSA) is 87.7 Å². The van der Waals surface area contributed by atoms with Crippen LogP contribution >= 0.6 is 15.9 Å². The van der Waals surface area contributed by atoms with Crippen LogP contribution in [0.25, 0.3) is 11.3 Å². The molecule has 0 saturated carbocycles. The van der Waals surface area contributed by atoms with Gasteiger partial charge in [0.25, 0.3) is 0 Å². The molecule has 1 fully saturated rings. The zero-order valence-corrected chi connectivity index (χ0v) is 19.4. The molecule has 168 valence electrons. The van der Waals surface area contributed by atoms with Gasteiger partial charge in [0.15, 0.2) is 0 Å². The monoisotopic (exact) mass is 499 g/mol. The van der Waals surface area contributed by atoms with Gasteiger partial charge in [-0.25, -0.2) is 9.78 Å². The second kappa shape index (κ2) is 9.85. The molecule has 1 aromatic heterocycles. The van der Waals surface area contributed by atoms with Crippen molar-refractivity contribution in [1.29, 1.82) is 0 Å². The van der Waals surface area contributed by atoms with Crippen LogP contribution in [0.15, 0.2) is 65.3 Å². The molecule has 0 bridgehead atoms. The molecule has 7 nitrogen and oxygen atoms in total. The molecule has 0 aliphatic carbocycles. The van der Waals surface area contributed by atoms with Gasteiger partial charge in [0.2, 0.25) is 0 Å². The van der Waals surface area contributed by atoms with Gasteiger partial charge in [-0.2, -0.15) is 0 Å². The van der Waals surface area contributed by atoms with Crippen molar-refractivity contribution in [2.45, 2.75) is 38.1 Å². The van der Waals surface area contributed by atoms with Crippen molar-refractivity contribution in [3.8, 4) is 11.3 Å². The van der Waals surface area contributed by atoms with E-state index in [9.17, 15) is 9.90 Å². The predicted octanol–water partition coefficient (Wildman–Crippen LogP) is 5.04. The third-order valence-corrected chi connectivity index (χ3v) is 6.21. The molecule has 3 aromatic rings. The Bertz CT molecular complexity index is 1030. The van der Waals surface area contributed by atoms with E-state index < -0.39 is 17.9 Å². The maximum atomic E-state index is 13.2. The van der Waals surface area contributed by atoms with E-state index in [4.69, 9.17) is 9.47 Å². The summed E-state index contributed by atoms with van der Waals surface area (Å²) in [4.78, 5) is 22.4. The van der Waals surface area contributed by atoms with E-state index >= 15 is 0 Å². The summed E-state index contributed by atoms with van der Waals surface area (Å²) in [6.45, 7) is 2.70. The smallest absolute Gasteiger partial charge is 0.413 e.